The molecule has 1 amide bonds. The van der Waals surface area contributed by atoms with Crippen LogP contribution in [0.2, 0.25) is 0 Å². The molecule has 2 aliphatic rings. The Hall–Kier alpha value is -1.55. The van der Waals surface area contributed by atoms with Crippen molar-refractivity contribution in [1.82, 2.24) is 5.32 Å². The van der Waals surface area contributed by atoms with E-state index in [4.69, 9.17) is 4.74 Å². The van der Waals surface area contributed by atoms with Gasteiger partial charge in [0.1, 0.15) is 6.61 Å². The molecule has 4 heteroatoms. The van der Waals surface area contributed by atoms with Gasteiger partial charge in [-0.05, 0) is 30.2 Å². The highest BCUT2D eigenvalue weighted by Gasteiger charge is 2.26. The zero-order chi connectivity index (χ0) is 11.0. The predicted octanol–water partition coefficient (Wildman–Crippen LogP) is 1.29. The number of hydrogen-bond acceptors (Lipinski definition) is 3. The van der Waals surface area contributed by atoms with Gasteiger partial charge in [-0.2, -0.15) is 0 Å². The summed E-state index contributed by atoms with van der Waals surface area (Å²) in [5, 5.41) is 3.34. The Bertz CT molecular complexity index is 431. The van der Waals surface area contributed by atoms with Crippen molar-refractivity contribution in [3.8, 4) is 0 Å². The fourth-order valence-electron chi connectivity index (χ4n) is 2.38. The average molecular weight is 218 g/mol. The van der Waals surface area contributed by atoms with E-state index in [2.05, 4.69) is 11.4 Å². The summed E-state index contributed by atoms with van der Waals surface area (Å²) in [5.41, 5.74) is 3.62. The number of hydrogen-bond donors (Lipinski definition) is 1. The first kappa shape index (κ1) is 9.66. The number of fused-ring (bicyclic) bond motifs is 1. The quantitative estimate of drug-likeness (QED) is 0.772. The van der Waals surface area contributed by atoms with Gasteiger partial charge < -0.3 is 10.1 Å². The maximum Gasteiger partial charge on any atom is 0.414 e. The molecule has 1 saturated heterocycles. The Kier molecular flexibility index (Phi) is 2.29. The first-order chi connectivity index (χ1) is 7.86. The number of anilines is 1. The van der Waals surface area contributed by atoms with Crippen LogP contribution in [-0.4, -0.2) is 25.8 Å². The minimum Gasteiger partial charge on any atom is -0.447 e. The SMILES string of the molecule is O=C1OCCN1c1cccc2c1CCNC2. The molecule has 0 atom stereocenters. The molecule has 2 heterocycles. The van der Waals surface area contributed by atoms with Crippen LogP contribution in [0.1, 0.15) is 11.1 Å². The van der Waals surface area contributed by atoms with Gasteiger partial charge in [0.2, 0.25) is 0 Å². The normalized spacial score (nSPS) is 19.5. The van der Waals surface area contributed by atoms with Crippen molar-refractivity contribution in [3.63, 3.8) is 0 Å². The van der Waals surface area contributed by atoms with Crippen molar-refractivity contribution >= 4 is 11.8 Å². The summed E-state index contributed by atoms with van der Waals surface area (Å²) in [6, 6.07) is 6.13. The van der Waals surface area contributed by atoms with Crippen LogP contribution >= 0.6 is 0 Å². The smallest absolute Gasteiger partial charge is 0.414 e. The van der Waals surface area contributed by atoms with Crippen molar-refractivity contribution in [2.75, 3.05) is 24.6 Å². The Morgan fingerprint density at radius 1 is 1.38 bits per heavy atom. The highest BCUT2D eigenvalue weighted by molar-refractivity contribution is 5.90. The van der Waals surface area contributed by atoms with E-state index in [9.17, 15) is 4.79 Å². The summed E-state index contributed by atoms with van der Waals surface area (Å²) in [6.45, 7) is 3.04. The van der Waals surface area contributed by atoms with Gasteiger partial charge in [0.05, 0.1) is 12.2 Å². The molecule has 0 spiro atoms. The van der Waals surface area contributed by atoms with Crippen molar-refractivity contribution < 1.29 is 9.53 Å². The van der Waals surface area contributed by atoms with E-state index < -0.39 is 0 Å². The van der Waals surface area contributed by atoms with Crippen LogP contribution < -0.4 is 10.2 Å². The summed E-state index contributed by atoms with van der Waals surface area (Å²) in [4.78, 5) is 13.3. The fraction of sp³-hybridized carbons (Fsp3) is 0.417. The van der Waals surface area contributed by atoms with Gasteiger partial charge in [-0.25, -0.2) is 4.79 Å². The summed E-state index contributed by atoms with van der Waals surface area (Å²) in [7, 11) is 0. The topological polar surface area (TPSA) is 41.6 Å². The van der Waals surface area contributed by atoms with Crippen molar-refractivity contribution in [2.24, 2.45) is 0 Å². The minimum atomic E-state index is -0.216. The van der Waals surface area contributed by atoms with E-state index in [-0.39, 0.29) is 6.09 Å². The fourth-order valence-corrected chi connectivity index (χ4v) is 2.38. The van der Waals surface area contributed by atoms with Crippen LogP contribution in [-0.2, 0) is 17.7 Å². The van der Waals surface area contributed by atoms with Crippen molar-refractivity contribution in [1.29, 1.82) is 0 Å². The molecular weight excluding hydrogens is 204 g/mol. The Balaban J connectivity index is 2.03. The minimum absolute atomic E-state index is 0.216. The maximum absolute atomic E-state index is 11.5. The van der Waals surface area contributed by atoms with Gasteiger partial charge in [-0.3, -0.25) is 4.90 Å². The second-order valence-corrected chi connectivity index (χ2v) is 4.11. The average Bonchev–Trinajstić information content (AvgIpc) is 2.75. The third kappa shape index (κ3) is 1.46. The Labute approximate surface area is 94.2 Å². The van der Waals surface area contributed by atoms with Crippen molar-refractivity contribution in [3.05, 3.63) is 29.3 Å². The number of benzene rings is 1. The molecule has 0 unspecified atom stereocenters. The monoisotopic (exact) mass is 218 g/mol. The molecule has 0 bridgehead atoms. The van der Waals surface area contributed by atoms with Crippen LogP contribution in [0.25, 0.3) is 0 Å². The van der Waals surface area contributed by atoms with Gasteiger partial charge in [-0.1, -0.05) is 12.1 Å². The number of carbonyl (C=O) groups is 1. The second kappa shape index (κ2) is 3.79. The van der Waals surface area contributed by atoms with Gasteiger partial charge >= 0.3 is 6.09 Å². The molecule has 1 N–H and O–H groups in total. The largest absolute Gasteiger partial charge is 0.447 e. The first-order valence-corrected chi connectivity index (χ1v) is 5.62. The maximum atomic E-state index is 11.5. The summed E-state index contributed by atoms with van der Waals surface area (Å²) in [6.07, 6.45) is 0.766. The van der Waals surface area contributed by atoms with E-state index >= 15 is 0 Å². The molecule has 1 fully saturated rings. The molecule has 0 saturated carbocycles. The van der Waals surface area contributed by atoms with Gasteiger partial charge in [-0.15, -0.1) is 0 Å². The highest BCUT2D eigenvalue weighted by Crippen LogP contribution is 2.28. The lowest BCUT2D eigenvalue weighted by Gasteiger charge is -2.23. The highest BCUT2D eigenvalue weighted by atomic mass is 16.6. The standard InChI is InChI=1S/C12H14N2O2/c15-12-14(6-7-16-12)11-3-1-2-9-8-13-5-4-10(9)11/h1-3,13H,4-8H2. The van der Waals surface area contributed by atoms with Gasteiger partial charge in [0.25, 0.3) is 0 Å². The lowest BCUT2D eigenvalue weighted by molar-refractivity contribution is 0.181. The molecular formula is C12H14N2O2. The number of cyclic esters (lactones) is 1. The van der Waals surface area contributed by atoms with Crippen LogP contribution in [0.15, 0.2) is 18.2 Å². The van der Waals surface area contributed by atoms with E-state index in [0.29, 0.717) is 13.2 Å². The number of nitrogens with zero attached hydrogens (tertiary/aromatic N) is 1. The van der Waals surface area contributed by atoms with Crippen molar-refractivity contribution in [2.45, 2.75) is 13.0 Å². The van der Waals surface area contributed by atoms with Crippen LogP contribution in [0.3, 0.4) is 0 Å². The Morgan fingerprint density at radius 2 is 2.31 bits per heavy atom. The Morgan fingerprint density at radius 3 is 3.12 bits per heavy atom. The van der Waals surface area contributed by atoms with E-state index in [1.807, 2.05) is 12.1 Å². The van der Waals surface area contributed by atoms with Crippen LogP contribution in [0, 0.1) is 0 Å². The molecule has 0 aliphatic carbocycles. The summed E-state index contributed by atoms with van der Waals surface area (Å²) >= 11 is 0. The van der Waals surface area contributed by atoms with E-state index in [1.54, 1.807) is 4.90 Å². The molecule has 84 valence electrons. The van der Waals surface area contributed by atoms with Gasteiger partial charge in [0.15, 0.2) is 0 Å². The van der Waals surface area contributed by atoms with Gasteiger partial charge in [0, 0.05) is 6.54 Å². The third-order valence-electron chi connectivity index (χ3n) is 3.17. The lowest BCUT2D eigenvalue weighted by Crippen LogP contribution is -2.29. The molecule has 0 aromatic heterocycles. The summed E-state index contributed by atoms with van der Waals surface area (Å²) < 4.78 is 4.98. The molecule has 1 aromatic rings. The zero-order valence-electron chi connectivity index (χ0n) is 9.03. The van der Waals surface area contributed by atoms with Crippen LogP contribution in [0.5, 0.6) is 0 Å². The molecule has 0 radical (unpaired) electrons. The van der Waals surface area contributed by atoms with Crippen LogP contribution in [0.4, 0.5) is 10.5 Å². The number of ether oxygens (including phenoxy) is 1. The zero-order valence-corrected chi connectivity index (χ0v) is 9.03. The van der Waals surface area contributed by atoms with E-state index in [1.165, 1.54) is 11.1 Å². The predicted molar refractivity (Wildman–Crippen MR) is 60.5 cm³/mol. The third-order valence-corrected chi connectivity index (χ3v) is 3.17. The molecule has 2 aliphatic heterocycles. The number of rotatable bonds is 1. The molecule has 4 nitrogen and oxygen atoms in total. The molecule has 3 rings (SSSR count). The lowest BCUT2D eigenvalue weighted by atomic mass is 9.98. The molecule has 16 heavy (non-hydrogen) atoms. The summed E-state index contributed by atoms with van der Waals surface area (Å²) in [5.74, 6) is 0. The number of nitrogens with one attached hydrogen (secondary N) is 1. The first-order valence-electron chi connectivity index (χ1n) is 5.62. The number of carbonyl (C=O) groups excluding carboxylic acids is 1. The molecule has 1 aromatic carbocycles. The van der Waals surface area contributed by atoms with E-state index in [0.717, 1.165) is 25.2 Å². The number of amides is 1. The second-order valence-electron chi connectivity index (χ2n) is 4.11.